The SMILES string of the molecule is CC(C)(C)OC(=O)ON1CCN(c2ncc(C(=O)O)s2)CC1. The lowest BCUT2D eigenvalue weighted by molar-refractivity contribution is -0.144. The zero-order chi connectivity index (χ0) is 16.3. The maximum atomic E-state index is 11.6. The first-order valence-corrected chi connectivity index (χ1v) is 7.66. The first-order chi connectivity index (χ1) is 10.2. The summed E-state index contributed by atoms with van der Waals surface area (Å²) in [5, 5.41) is 11.1. The summed E-state index contributed by atoms with van der Waals surface area (Å²) in [4.78, 5) is 33.9. The summed E-state index contributed by atoms with van der Waals surface area (Å²) in [6.45, 7) is 7.51. The van der Waals surface area contributed by atoms with Gasteiger partial charge in [-0.05, 0) is 20.8 Å². The van der Waals surface area contributed by atoms with Gasteiger partial charge in [-0.1, -0.05) is 11.3 Å². The molecule has 1 saturated heterocycles. The smallest absolute Gasteiger partial charge is 0.477 e. The molecular weight excluding hydrogens is 310 g/mol. The van der Waals surface area contributed by atoms with E-state index in [1.807, 2.05) is 4.90 Å². The van der Waals surface area contributed by atoms with E-state index in [2.05, 4.69) is 4.98 Å². The Morgan fingerprint density at radius 2 is 1.91 bits per heavy atom. The van der Waals surface area contributed by atoms with Crippen molar-refractivity contribution < 1.29 is 24.3 Å². The van der Waals surface area contributed by atoms with Crippen molar-refractivity contribution in [2.45, 2.75) is 26.4 Å². The molecule has 1 fully saturated rings. The van der Waals surface area contributed by atoms with Crippen LogP contribution in [0.4, 0.5) is 9.93 Å². The largest absolute Gasteiger partial charge is 0.528 e. The summed E-state index contributed by atoms with van der Waals surface area (Å²) in [5.41, 5.74) is -0.590. The van der Waals surface area contributed by atoms with Gasteiger partial charge in [-0.3, -0.25) is 0 Å². The van der Waals surface area contributed by atoms with Crippen molar-refractivity contribution in [2.75, 3.05) is 31.1 Å². The Morgan fingerprint density at radius 3 is 2.41 bits per heavy atom. The van der Waals surface area contributed by atoms with E-state index >= 15 is 0 Å². The Balaban J connectivity index is 1.82. The third-order valence-electron chi connectivity index (χ3n) is 2.81. The Morgan fingerprint density at radius 1 is 1.27 bits per heavy atom. The number of rotatable bonds is 3. The van der Waals surface area contributed by atoms with Gasteiger partial charge in [0.25, 0.3) is 0 Å². The highest BCUT2D eigenvalue weighted by Crippen LogP contribution is 2.23. The van der Waals surface area contributed by atoms with Gasteiger partial charge in [0, 0.05) is 13.1 Å². The van der Waals surface area contributed by atoms with Crippen molar-refractivity contribution in [1.29, 1.82) is 0 Å². The average Bonchev–Trinajstić information content (AvgIpc) is 2.87. The zero-order valence-electron chi connectivity index (χ0n) is 12.7. The van der Waals surface area contributed by atoms with E-state index in [0.29, 0.717) is 31.3 Å². The number of hydroxylamine groups is 2. The summed E-state index contributed by atoms with van der Waals surface area (Å²) < 4.78 is 5.09. The lowest BCUT2D eigenvalue weighted by Gasteiger charge is -2.33. The molecule has 0 unspecified atom stereocenters. The van der Waals surface area contributed by atoms with E-state index < -0.39 is 17.7 Å². The molecular formula is C13H19N3O5S. The number of ether oxygens (including phenoxy) is 1. The van der Waals surface area contributed by atoms with Crippen LogP contribution in [-0.4, -0.2) is 59.1 Å². The Labute approximate surface area is 132 Å². The van der Waals surface area contributed by atoms with Gasteiger partial charge in [0.15, 0.2) is 5.13 Å². The van der Waals surface area contributed by atoms with Gasteiger partial charge in [0.1, 0.15) is 10.5 Å². The van der Waals surface area contributed by atoms with Crippen molar-refractivity contribution in [3.05, 3.63) is 11.1 Å². The molecule has 0 amide bonds. The fourth-order valence-electron chi connectivity index (χ4n) is 1.85. The van der Waals surface area contributed by atoms with E-state index in [-0.39, 0.29) is 4.88 Å². The highest BCUT2D eigenvalue weighted by atomic mass is 32.1. The number of carbonyl (C=O) groups excluding carboxylic acids is 1. The molecule has 1 aliphatic heterocycles. The van der Waals surface area contributed by atoms with Crippen LogP contribution in [0.15, 0.2) is 6.20 Å². The second-order valence-electron chi connectivity index (χ2n) is 5.78. The maximum absolute atomic E-state index is 11.6. The molecule has 0 bridgehead atoms. The third kappa shape index (κ3) is 4.57. The molecule has 0 atom stereocenters. The summed E-state index contributed by atoms with van der Waals surface area (Å²) in [7, 11) is 0. The number of aromatic carboxylic acids is 1. The van der Waals surface area contributed by atoms with Gasteiger partial charge in [-0.15, -0.1) is 5.06 Å². The monoisotopic (exact) mass is 329 g/mol. The van der Waals surface area contributed by atoms with Gasteiger partial charge >= 0.3 is 12.1 Å². The number of carboxylic acids is 1. The Bertz CT molecular complexity index is 546. The lowest BCUT2D eigenvalue weighted by atomic mass is 10.2. The topological polar surface area (TPSA) is 92.2 Å². The number of piperazine rings is 1. The number of hydrogen-bond acceptors (Lipinski definition) is 8. The van der Waals surface area contributed by atoms with Crippen LogP contribution in [0.3, 0.4) is 0 Å². The number of carbonyl (C=O) groups is 2. The fourth-order valence-corrected chi connectivity index (χ4v) is 2.66. The minimum absolute atomic E-state index is 0.211. The zero-order valence-corrected chi connectivity index (χ0v) is 13.6. The molecule has 0 saturated carbocycles. The second kappa shape index (κ2) is 6.49. The Hall–Kier alpha value is -1.87. The van der Waals surface area contributed by atoms with Crippen LogP contribution in [0.2, 0.25) is 0 Å². The van der Waals surface area contributed by atoms with Crippen LogP contribution in [0, 0.1) is 0 Å². The minimum Gasteiger partial charge on any atom is -0.477 e. The molecule has 0 aromatic carbocycles. The number of anilines is 1. The van der Waals surface area contributed by atoms with Crippen LogP contribution >= 0.6 is 11.3 Å². The van der Waals surface area contributed by atoms with Gasteiger partial charge < -0.3 is 19.6 Å². The van der Waals surface area contributed by atoms with E-state index in [4.69, 9.17) is 14.7 Å². The number of thiazole rings is 1. The van der Waals surface area contributed by atoms with Crippen molar-refractivity contribution in [2.24, 2.45) is 0 Å². The highest BCUT2D eigenvalue weighted by Gasteiger charge is 2.25. The molecule has 1 aromatic rings. The first-order valence-electron chi connectivity index (χ1n) is 6.84. The third-order valence-corrected chi connectivity index (χ3v) is 3.85. The Kier molecular flexibility index (Phi) is 4.87. The predicted octanol–water partition coefficient (Wildman–Crippen LogP) is 1.83. The van der Waals surface area contributed by atoms with Crippen molar-refractivity contribution >= 4 is 28.6 Å². The van der Waals surface area contributed by atoms with E-state index in [9.17, 15) is 9.59 Å². The number of hydrogen-bond donors (Lipinski definition) is 1. The van der Waals surface area contributed by atoms with Crippen LogP contribution in [0.1, 0.15) is 30.4 Å². The molecule has 1 aliphatic rings. The van der Waals surface area contributed by atoms with Crippen molar-refractivity contribution in [3.8, 4) is 0 Å². The lowest BCUT2D eigenvalue weighted by Crippen LogP contribution is -2.47. The average molecular weight is 329 g/mol. The standard InChI is InChI=1S/C13H19N3O5S/c1-13(2,3)20-12(19)21-16-6-4-15(5-7-16)11-14-8-9(22-11)10(17)18/h8H,4-7H2,1-3H3,(H,17,18). The second-order valence-corrected chi connectivity index (χ2v) is 6.79. The predicted molar refractivity (Wildman–Crippen MR) is 80.2 cm³/mol. The molecule has 1 aromatic heterocycles. The van der Waals surface area contributed by atoms with Crippen LogP contribution in [0.25, 0.3) is 0 Å². The molecule has 0 spiro atoms. The normalized spacial score (nSPS) is 16.4. The molecule has 2 heterocycles. The quantitative estimate of drug-likeness (QED) is 0.840. The van der Waals surface area contributed by atoms with Gasteiger partial charge in [-0.25, -0.2) is 14.6 Å². The molecule has 0 aliphatic carbocycles. The molecule has 9 heteroatoms. The van der Waals surface area contributed by atoms with Crippen molar-refractivity contribution in [3.63, 3.8) is 0 Å². The van der Waals surface area contributed by atoms with Crippen molar-refractivity contribution in [1.82, 2.24) is 10.0 Å². The molecule has 0 radical (unpaired) electrons. The van der Waals surface area contributed by atoms with E-state index in [1.165, 1.54) is 11.3 Å². The van der Waals surface area contributed by atoms with Gasteiger partial charge in [0.2, 0.25) is 0 Å². The van der Waals surface area contributed by atoms with Gasteiger partial charge in [0.05, 0.1) is 19.3 Å². The fraction of sp³-hybridized carbons (Fsp3) is 0.615. The van der Waals surface area contributed by atoms with Gasteiger partial charge in [-0.2, -0.15) is 0 Å². The molecule has 1 N–H and O–H groups in total. The van der Waals surface area contributed by atoms with E-state index in [0.717, 1.165) is 11.3 Å². The minimum atomic E-state index is -0.976. The summed E-state index contributed by atoms with van der Waals surface area (Å²) in [5.74, 6) is -0.976. The maximum Gasteiger partial charge on any atom is 0.528 e. The molecule has 22 heavy (non-hydrogen) atoms. The van der Waals surface area contributed by atoms with Crippen LogP contribution < -0.4 is 4.90 Å². The summed E-state index contributed by atoms with van der Waals surface area (Å²) in [6, 6.07) is 0. The summed E-state index contributed by atoms with van der Waals surface area (Å²) >= 11 is 1.13. The number of aromatic nitrogens is 1. The molecule has 8 nitrogen and oxygen atoms in total. The first kappa shape index (κ1) is 16.5. The van der Waals surface area contributed by atoms with Crippen LogP contribution in [0.5, 0.6) is 0 Å². The van der Waals surface area contributed by atoms with Crippen LogP contribution in [-0.2, 0) is 9.57 Å². The number of carboxylic acid groups (broad SMARTS) is 1. The summed E-state index contributed by atoms with van der Waals surface area (Å²) in [6.07, 6.45) is 0.634. The highest BCUT2D eigenvalue weighted by molar-refractivity contribution is 7.17. The molecule has 2 rings (SSSR count). The van der Waals surface area contributed by atoms with E-state index in [1.54, 1.807) is 20.8 Å². The molecule has 122 valence electrons. The number of nitrogens with zero attached hydrogens (tertiary/aromatic N) is 3.